The smallest absolute Gasteiger partial charge is 0.462 e. The first-order chi connectivity index (χ1) is 48.9. The summed E-state index contributed by atoms with van der Waals surface area (Å²) in [7, 11) is -9.92. The van der Waals surface area contributed by atoms with Crippen LogP contribution in [0.25, 0.3) is 0 Å². The number of aliphatic hydroxyl groups is 1. The Morgan fingerprint density at radius 2 is 0.505 bits per heavy atom. The molecule has 0 heterocycles. The standard InChI is InChI=1S/C82H160O17P2/c1-7-10-12-14-16-18-20-22-27-32-35-39-46-52-58-64-79(84)92-70-77(98-82(87)67-61-55-49-41-37-33-29-26-24-23-25-28-31-34-38-45-51-57-63-75(6)9-3)72-96-100(88,89)94-68-76(83)69-95-101(90,91)97-73-78(71-93-80(85)65-59-53-47-43-42-44-50-56-62-74(4)5)99-81(86)66-60-54-48-40-36-30-21-19-17-15-13-11-8-2/h74-78,83H,7-73H2,1-6H3,(H,88,89)(H,90,91)/t75?,76-,77-,78-/m1/s1. The van der Waals surface area contributed by atoms with E-state index in [0.717, 1.165) is 102 Å². The second-order valence-electron chi connectivity index (χ2n) is 30.2. The van der Waals surface area contributed by atoms with Crippen molar-refractivity contribution in [3.05, 3.63) is 0 Å². The molecular formula is C82H160O17P2. The minimum Gasteiger partial charge on any atom is -0.462 e. The Labute approximate surface area is 619 Å². The third-order valence-electron chi connectivity index (χ3n) is 19.6. The molecule has 0 bridgehead atoms. The van der Waals surface area contributed by atoms with Gasteiger partial charge in [-0.25, -0.2) is 9.13 Å². The third-order valence-corrected chi connectivity index (χ3v) is 21.5. The van der Waals surface area contributed by atoms with Gasteiger partial charge in [-0.1, -0.05) is 382 Å². The molecule has 0 radical (unpaired) electrons. The van der Waals surface area contributed by atoms with Crippen LogP contribution in [0.1, 0.15) is 433 Å². The number of carbonyl (C=O) groups excluding carboxylic acids is 4. The van der Waals surface area contributed by atoms with Crippen molar-refractivity contribution in [3.63, 3.8) is 0 Å². The summed E-state index contributed by atoms with van der Waals surface area (Å²) in [6.07, 6.45) is 63.8. The second-order valence-corrected chi connectivity index (χ2v) is 33.1. The van der Waals surface area contributed by atoms with Crippen molar-refractivity contribution in [2.75, 3.05) is 39.6 Å². The lowest BCUT2D eigenvalue weighted by Crippen LogP contribution is -2.30. The molecule has 0 aliphatic rings. The molecule has 0 amide bonds. The normalized spacial score (nSPS) is 14.2. The molecule has 6 atom stereocenters. The molecule has 0 aromatic heterocycles. The predicted molar refractivity (Wildman–Crippen MR) is 414 cm³/mol. The quantitative estimate of drug-likeness (QED) is 0.0222. The molecule has 0 spiro atoms. The van der Waals surface area contributed by atoms with Crippen molar-refractivity contribution in [1.29, 1.82) is 0 Å². The summed E-state index contributed by atoms with van der Waals surface area (Å²) in [5.41, 5.74) is 0. The van der Waals surface area contributed by atoms with Crippen molar-refractivity contribution in [2.45, 2.75) is 452 Å². The van der Waals surface area contributed by atoms with E-state index < -0.39 is 97.5 Å². The molecule has 0 saturated heterocycles. The molecule has 600 valence electrons. The third kappa shape index (κ3) is 74.7. The van der Waals surface area contributed by atoms with Crippen molar-refractivity contribution in [2.24, 2.45) is 11.8 Å². The van der Waals surface area contributed by atoms with Crippen LogP contribution in [0.2, 0.25) is 0 Å². The molecule has 0 fully saturated rings. The van der Waals surface area contributed by atoms with Crippen molar-refractivity contribution in [3.8, 4) is 0 Å². The van der Waals surface area contributed by atoms with Gasteiger partial charge in [0.15, 0.2) is 12.2 Å². The Kier molecular flexibility index (Phi) is 72.2. The number of hydrogen-bond acceptors (Lipinski definition) is 15. The summed E-state index contributed by atoms with van der Waals surface area (Å²) in [5.74, 6) is -0.509. The summed E-state index contributed by atoms with van der Waals surface area (Å²) in [5, 5.41) is 10.6. The lowest BCUT2D eigenvalue weighted by molar-refractivity contribution is -0.161. The van der Waals surface area contributed by atoms with E-state index in [4.69, 9.17) is 37.0 Å². The largest absolute Gasteiger partial charge is 0.472 e. The molecule has 0 aliphatic heterocycles. The number of ether oxygens (including phenoxy) is 4. The highest BCUT2D eigenvalue weighted by Crippen LogP contribution is 2.45. The van der Waals surface area contributed by atoms with E-state index in [1.54, 1.807) is 0 Å². The van der Waals surface area contributed by atoms with Gasteiger partial charge in [0.1, 0.15) is 19.3 Å². The molecule has 0 saturated carbocycles. The van der Waals surface area contributed by atoms with Crippen molar-refractivity contribution < 1.29 is 80.2 Å². The highest BCUT2D eigenvalue weighted by atomic mass is 31.2. The molecule has 17 nitrogen and oxygen atoms in total. The first kappa shape index (κ1) is 99.1. The molecule has 3 unspecified atom stereocenters. The maximum Gasteiger partial charge on any atom is 0.472 e. The molecule has 3 N–H and O–H groups in total. The average Bonchev–Trinajstić information content (AvgIpc) is 0.959. The Balaban J connectivity index is 5.22. The van der Waals surface area contributed by atoms with E-state index in [0.29, 0.717) is 25.7 Å². The van der Waals surface area contributed by atoms with Crippen LogP contribution in [-0.2, 0) is 65.4 Å². The molecule has 0 aromatic carbocycles. The van der Waals surface area contributed by atoms with Gasteiger partial charge in [0.05, 0.1) is 26.4 Å². The van der Waals surface area contributed by atoms with E-state index in [1.165, 1.54) is 250 Å². The van der Waals surface area contributed by atoms with Crippen LogP contribution in [-0.4, -0.2) is 96.7 Å². The predicted octanol–water partition coefficient (Wildman–Crippen LogP) is 24.7. The second kappa shape index (κ2) is 73.6. The number of phosphoric ester groups is 2. The van der Waals surface area contributed by atoms with E-state index in [1.807, 2.05) is 0 Å². The first-order valence-electron chi connectivity index (χ1n) is 42.5. The maximum absolute atomic E-state index is 13.1. The minimum atomic E-state index is -4.96. The summed E-state index contributed by atoms with van der Waals surface area (Å²) >= 11 is 0. The van der Waals surface area contributed by atoms with Crippen LogP contribution in [0.4, 0.5) is 0 Å². The van der Waals surface area contributed by atoms with E-state index in [9.17, 15) is 43.2 Å². The van der Waals surface area contributed by atoms with Gasteiger partial charge in [0.2, 0.25) is 0 Å². The molecule has 101 heavy (non-hydrogen) atoms. The SMILES string of the molecule is CCCCCCCCCCCCCCCCCC(=O)OC[C@H](COP(=O)(O)OC[C@@H](O)COP(=O)(O)OC[C@@H](COC(=O)CCCCCCCCCCC(C)C)OC(=O)CCCCCCCCCCCCCCC)OC(=O)CCCCCCCCCCCCCCCCCCCCC(C)CC. The van der Waals surface area contributed by atoms with E-state index in [2.05, 4.69) is 41.5 Å². The fourth-order valence-corrected chi connectivity index (χ4v) is 14.3. The Morgan fingerprint density at radius 1 is 0.287 bits per heavy atom. The monoisotopic (exact) mass is 1480 g/mol. The minimum absolute atomic E-state index is 0.107. The molecule has 0 aromatic rings. The van der Waals surface area contributed by atoms with Gasteiger partial charge in [0, 0.05) is 25.7 Å². The number of carbonyl (C=O) groups is 4. The van der Waals surface area contributed by atoms with E-state index in [-0.39, 0.29) is 25.7 Å². The number of phosphoric acid groups is 2. The lowest BCUT2D eigenvalue weighted by Gasteiger charge is -2.21. The van der Waals surface area contributed by atoms with Crippen LogP contribution in [0.5, 0.6) is 0 Å². The lowest BCUT2D eigenvalue weighted by atomic mass is 9.99. The van der Waals surface area contributed by atoms with Gasteiger partial charge in [-0.2, -0.15) is 0 Å². The fraction of sp³-hybridized carbons (Fsp3) is 0.951. The molecule has 0 aliphatic carbocycles. The summed E-state index contributed by atoms with van der Waals surface area (Å²) < 4.78 is 68.7. The van der Waals surface area contributed by atoms with Crippen LogP contribution in [0.15, 0.2) is 0 Å². The van der Waals surface area contributed by atoms with Gasteiger partial charge in [-0.3, -0.25) is 37.3 Å². The van der Waals surface area contributed by atoms with Crippen LogP contribution in [0, 0.1) is 11.8 Å². The summed E-state index contributed by atoms with van der Waals surface area (Å²) in [6, 6.07) is 0. The Hall–Kier alpha value is -1.94. The zero-order valence-corrected chi connectivity index (χ0v) is 68.0. The van der Waals surface area contributed by atoms with Gasteiger partial charge >= 0.3 is 39.5 Å². The highest BCUT2D eigenvalue weighted by Gasteiger charge is 2.30. The number of aliphatic hydroxyl groups excluding tert-OH is 1. The number of unbranched alkanes of at least 4 members (excludes halogenated alkanes) is 50. The number of rotatable bonds is 81. The maximum atomic E-state index is 13.1. The Morgan fingerprint density at radius 3 is 0.752 bits per heavy atom. The topological polar surface area (TPSA) is 237 Å². The van der Waals surface area contributed by atoms with Gasteiger partial charge in [-0.15, -0.1) is 0 Å². The van der Waals surface area contributed by atoms with Gasteiger partial charge in [0.25, 0.3) is 0 Å². The number of hydrogen-bond donors (Lipinski definition) is 3. The zero-order chi connectivity index (χ0) is 74.2. The number of esters is 4. The molecule has 0 rings (SSSR count). The fourth-order valence-electron chi connectivity index (χ4n) is 12.7. The first-order valence-corrected chi connectivity index (χ1v) is 45.5. The highest BCUT2D eigenvalue weighted by molar-refractivity contribution is 7.47. The average molecular weight is 1480 g/mol. The Bertz CT molecular complexity index is 1940. The van der Waals surface area contributed by atoms with Crippen molar-refractivity contribution in [1.82, 2.24) is 0 Å². The van der Waals surface area contributed by atoms with Gasteiger partial charge < -0.3 is 33.8 Å². The van der Waals surface area contributed by atoms with E-state index >= 15 is 0 Å². The zero-order valence-electron chi connectivity index (χ0n) is 66.2. The summed E-state index contributed by atoms with van der Waals surface area (Å²) in [6.45, 7) is 9.68. The molecule has 19 heteroatoms. The van der Waals surface area contributed by atoms with Crippen LogP contribution >= 0.6 is 15.6 Å². The summed E-state index contributed by atoms with van der Waals surface area (Å²) in [4.78, 5) is 73.0. The van der Waals surface area contributed by atoms with Gasteiger partial charge in [-0.05, 0) is 37.5 Å². The molecular weight excluding hydrogens is 1320 g/mol. The van der Waals surface area contributed by atoms with Crippen LogP contribution < -0.4 is 0 Å². The van der Waals surface area contributed by atoms with Crippen molar-refractivity contribution >= 4 is 39.5 Å². The van der Waals surface area contributed by atoms with Crippen LogP contribution in [0.3, 0.4) is 0 Å².